The summed E-state index contributed by atoms with van der Waals surface area (Å²) in [4.78, 5) is 12.0. The maximum Gasteiger partial charge on any atom is 0.237 e. The summed E-state index contributed by atoms with van der Waals surface area (Å²) < 4.78 is 0. The van der Waals surface area contributed by atoms with Crippen molar-refractivity contribution in [1.82, 2.24) is 10.6 Å². The first-order valence-electron chi connectivity index (χ1n) is 6.80. The van der Waals surface area contributed by atoms with Crippen LogP contribution in [0.4, 0.5) is 0 Å². The zero-order valence-electron chi connectivity index (χ0n) is 11.8. The average molecular weight is 278 g/mol. The molecule has 0 fully saturated rings. The maximum absolute atomic E-state index is 12.0. The van der Waals surface area contributed by atoms with Crippen LogP contribution in [-0.4, -0.2) is 23.7 Å². The predicted molar refractivity (Wildman–Crippen MR) is 81.2 cm³/mol. The van der Waals surface area contributed by atoms with Gasteiger partial charge in [0.25, 0.3) is 0 Å². The zero-order valence-corrected chi connectivity index (χ0v) is 12.6. The summed E-state index contributed by atoms with van der Waals surface area (Å²) in [7, 11) is 0. The first-order valence-corrected chi connectivity index (χ1v) is 7.95. The van der Waals surface area contributed by atoms with Crippen LogP contribution >= 0.6 is 11.8 Å². The first kappa shape index (κ1) is 14.4. The van der Waals surface area contributed by atoms with E-state index in [9.17, 15) is 4.79 Å². The van der Waals surface area contributed by atoms with Crippen LogP contribution in [0.2, 0.25) is 0 Å². The lowest BCUT2D eigenvalue weighted by molar-refractivity contribution is -0.123. The van der Waals surface area contributed by atoms with E-state index in [0.29, 0.717) is 0 Å². The normalized spacial score (nSPS) is 19.9. The molecule has 1 heterocycles. The van der Waals surface area contributed by atoms with Gasteiger partial charge in [0.05, 0.1) is 6.04 Å². The zero-order chi connectivity index (χ0) is 13.8. The predicted octanol–water partition coefficient (Wildman–Crippen LogP) is 2.48. The summed E-state index contributed by atoms with van der Waals surface area (Å²) >= 11 is 1.92. The highest BCUT2D eigenvalue weighted by Crippen LogP contribution is 2.31. The highest BCUT2D eigenvalue weighted by molar-refractivity contribution is 7.98. The van der Waals surface area contributed by atoms with E-state index in [1.54, 1.807) is 0 Å². The minimum absolute atomic E-state index is 0.0723. The largest absolute Gasteiger partial charge is 0.353 e. The third kappa shape index (κ3) is 3.74. The van der Waals surface area contributed by atoms with Crippen molar-refractivity contribution in [3.8, 4) is 0 Å². The Hall–Kier alpha value is -1.00. The number of thioether (sulfide) groups is 1. The van der Waals surface area contributed by atoms with Crippen molar-refractivity contribution >= 4 is 17.7 Å². The molecule has 1 aliphatic rings. The van der Waals surface area contributed by atoms with E-state index in [1.807, 2.05) is 32.5 Å². The van der Waals surface area contributed by atoms with Crippen molar-refractivity contribution in [2.45, 2.75) is 44.6 Å². The first-order chi connectivity index (χ1) is 9.08. The molecule has 1 aromatic rings. The fraction of sp³-hybridized carbons (Fsp3) is 0.533. The van der Waals surface area contributed by atoms with E-state index in [0.717, 1.165) is 11.5 Å². The second-order valence-corrected chi connectivity index (χ2v) is 6.35. The summed E-state index contributed by atoms with van der Waals surface area (Å²) in [5.74, 6) is 2.17. The van der Waals surface area contributed by atoms with Crippen LogP contribution in [0.25, 0.3) is 0 Å². The summed E-state index contributed by atoms with van der Waals surface area (Å²) in [5.41, 5.74) is 2.72. The molecule has 0 bridgehead atoms. The molecule has 2 unspecified atom stereocenters. The Bertz CT molecular complexity index is 448. The summed E-state index contributed by atoms with van der Waals surface area (Å²) in [6.07, 6.45) is 0. The molecule has 0 saturated heterocycles. The highest BCUT2D eigenvalue weighted by Gasteiger charge is 2.24. The lowest BCUT2D eigenvalue weighted by Gasteiger charge is -2.28. The number of amides is 1. The van der Waals surface area contributed by atoms with Gasteiger partial charge < -0.3 is 5.32 Å². The van der Waals surface area contributed by atoms with Gasteiger partial charge in [-0.3, -0.25) is 10.1 Å². The molecule has 2 N–H and O–H groups in total. The van der Waals surface area contributed by atoms with Crippen molar-refractivity contribution in [3.63, 3.8) is 0 Å². The molecule has 3 nitrogen and oxygen atoms in total. The van der Waals surface area contributed by atoms with Gasteiger partial charge >= 0.3 is 0 Å². The summed E-state index contributed by atoms with van der Waals surface area (Å²) in [5, 5.41) is 6.40. The molecular weight excluding hydrogens is 256 g/mol. The molecule has 0 spiro atoms. The van der Waals surface area contributed by atoms with Crippen LogP contribution < -0.4 is 10.6 Å². The van der Waals surface area contributed by atoms with E-state index < -0.39 is 0 Å². The van der Waals surface area contributed by atoms with Gasteiger partial charge in [-0.2, -0.15) is 11.8 Å². The molecule has 2 rings (SSSR count). The average Bonchev–Trinajstić information content (AvgIpc) is 2.38. The van der Waals surface area contributed by atoms with Crippen LogP contribution in [0.5, 0.6) is 0 Å². The molecule has 4 heteroatoms. The molecule has 0 aliphatic carbocycles. The van der Waals surface area contributed by atoms with Crippen molar-refractivity contribution in [2.75, 3.05) is 5.75 Å². The summed E-state index contributed by atoms with van der Waals surface area (Å²) in [6.45, 7) is 5.90. The Morgan fingerprint density at radius 1 is 1.32 bits per heavy atom. The van der Waals surface area contributed by atoms with Crippen LogP contribution in [-0.2, 0) is 10.5 Å². The number of hydrogen-bond donors (Lipinski definition) is 2. The van der Waals surface area contributed by atoms with E-state index >= 15 is 0 Å². The number of hydrogen-bond acceptors (Lipinski definition) is 3. The molecule has 2 atom stereocenters. The Kier molecular flexibility index (Phi) is 4.88. The van der Waals surface area contributed by atoms with Gasteiger partial charge in [0, 0.05) is 23.6 Å². The van der Waals surface area contributed by atoms with E-state index in [-0.39, 0.29) is 24.0 Å². The molecule has 0 aromatic heterocycles. The molecule has 0 radical (unpaired) electrons. The SMILES string of the molecule is CC(C)NC(=O)C(C)NC1CSCc2ccccc21. The fourth-order valence-electron chi connectivity index (χ4n) is 2.31. The lowest BCUT2D eigenvalue weighted by Crippen LogP contribution is -2.46. The number of fused-ring (bicyclic) bond motifs is 1. The Labute approximate surface area is 119 Å². The Balaban J connectivity index is 2.02. The van der Waals surface area contributed by atoms with Gasteiger partial charge in [0.1, 0.15) is 0 Å². The Morgan fingerprint density at radius 2 is 2.05 bits per heavy atom. The number of carbonyl (C=O) groups excluding carboxylic acids is 1. The molecule has 0 saturated carbocycles. The number of rotatable bonds is 4. The molecule has 1 aliphatic heterocycles. The monoisotopic (exact) mass is 278 g/mol. The molecule has 104 valence electrons. The number of nitrogens with one attached hydrogen (secondary N) is 2. The lowest BCUT2D eigenvalue weighted by atomic mass is 10.0. The van der Waals surface area contributed by atoms with Crippen LogP contribution in [0.15, 0.2) is 24.3 Å². The van der Waals surface area contributed by atoms with Gasteiger partial charge in [-0.05, 0) is 31.9 Å². The minimum Gasteiger partial charge on any atom is -0.353 e. The number of benzene rings is 1. The van der Waals surface area contributed by atoms with Crippen molar-refractivity contribution in [2.24, 2.45) is 0 Å². The number of carbonyl (C=O) groups is 1. The Morgan fingerprint density at radius 3 is 2.79 bits per heavy atom. The van der Waals surface area contributed by atoms with Gasteiger partial charge in [0.2, 0.25) is 5.91 Å². The van der Waals surface area contributed by atoms with E-state index in [2.05, 4.69) is 34.9 Å². The smallest absolute Gasteiger partial charge is 0.237 e. The maximum atomic E-state index is 12.0. The van der Waals surface area contributed by atoms with Crippen molar-refractivity contribution < 1.29 is 4.79 Å². The van der Waals surface area contributed by atoms with Crippen LogP contribution in [0, 0.1) is 0 Å². The molecular formula is C15H22N2OS. The topological polar surface area (TPSA) is 41.1 Å². The van der Waals surface area contributed by atoms with Crippen LogP contribution in [0.1, 0.15) is 37.9 Å². The summed E-state index contributed by atoms with van der Waals surface area (Å²) in [6, 6.07) is 8.78. The fourth-order valence-corrected chi connectivity index (χ4v) is 3.42. The quantitative estimate of drug-likeness (QED) is 0.889. The standard InChI is InChI=1S/C15H22N2OS/c1-10(2)16-15(18)11(3)17-14-9-19-8-12-6-4-5-7-13(12)14/h4-7,10-11,14,17H,8-9H2,1-3H3,(H,16,18). The second kappa shape index (κ2) is 6.44. The van der Waals surface area contributed by atoms with Crippen molar-refractivity contribution in [3.05, 3.63) is 35.4 Å². The van der Waals surface area contributed by atoms with Gasteiger partial charge in [-0.15, -0.1) is 0 Å². The highest BCUT2D eigenvalue weighted by atomic mass is 32.2. The van der Waals surface area contributed by atoms with Gasteiger partial charge in [0.15, 0.2) is 0 Å². The molecule has 1 amide bonds. The molecule has 19 heavy (non-hydrogen) atoms. The van der Waals surface area contributed by atoms with Gasteiger partial charge in [-0.1, -0.05) is 24.3 Å². The van der Waals surface area contributed by atoms with Gasteiger partial charge in [-0.25, -0.2) is 0 Å². The van der Waals surface area contributed by atoms with E-state index in [4.69, 9.17) is 0 Å². The minimum atomic E-state index is -0.167. The van der Waals surface area contributed by atoms with Crippen LogP contribution in [0.3, 0.4) is 0 Å². The third-order valence-electron chi connectivity index (χ3n) is 3.25. The molecule has 1 aromatic carbocycles. The third-order valence-corrected chi connectivity index (χ3v) is 4.33. The second-order valence-electron chi connectivity index (χ2n) is 5.32. The van der Waals surface area contributed by atoms with Crippen molar-refractivity contribution in [1.29, 1.82) is 0 Å². The van der Waals surface area contributed by atoms with E-state index in [1.165, 1.54) is 11.1 Å².